The van der Waals surface area contributed by atoms with E-state index >= 15 is 0 Å². The van der Waals surface area contributed by atoms with Crippen LogP contribution in [0.4, 0.5) is 11.4 Å². The predicted molar refractivity (Wildman–Crippen MR) is 103 cm³/mol. The highest BCUT2D eigenvalue weighted by Gasteiger charge is 2.18. The maximum Gasteiger partial charge on any atom is 0.267 e. The molecule has 3 N–H and O–H groups in total. The van der Waals surface area contributed by atoms with Gasteiger partial charge in [0.1, 0.15) is 0 Å². The van der Waals surface area contributed by atoms with Gasteiger partial charge in [0.25, 0.3) is 5.91 Å². The van der Waals surface area contributed by atoms with Crippen molar-refractivity contribution in [3.8, 4) is 0 Å². The molecule has 2 rings (SSSR count). The molecule has 138 valence electrons. The molecule has 1 heterocycles. The lowest BCUT2D eigenvalue weighted by molar-refractivity contribution is -0.124. The van der Waals surface area contributed by atoms with Crippen LogP contribution in [0, 0.1) is 0 Å². The fourth-order valence-corrected chi connectivity index (χ4v) is 3.02. The number of carbonyl (C=O) groups is 1. The molecule has 0 aliphatic carbocycles. The van der Waals surface area contributed by atoms with Crippen LogP contribution < -0.4 is 15.7 Å². The number of hydrogen-bond acceptors (Lipinski definition) is 5. The standard InChI is InChI=1S/C19H30N4O2/c1-3-5-6-11-22(4-2)12-13-23-15-20-17-14-16(7-9-18(17)23)8-10-19(24)21-25/h7-10,14,20,25H,3-6,11-13,15H2,1-2H3,(H,21,24)/b10-8+. The van der Waals surface area contributed by atoms with Crippen LogP contribution >= 0.6 is 0 Å². The van der Waals surface area contributed by atoms with Gasteiger partial charge in [-0.15, -0.1) is 0 Å². The monoisotopic (exact) mass is 346 g/mol. The highest BCUT2D eigenvalue weighted by Crippen LogP contribution is 2.32. The van der Waals surface area contributed by atoms with Gasteiger partial charge >= 0.3 is 0 Å². The van der Waals surface area contributed by atoms with E-state index in [1.165, 1.54) is 37.6 Å². The number of benzene rings is 1. The van der Waals surface area contributed by atoms with E-state index in [-0.39, 0.29) is 0 Å². The predicted octanol–water partition coefficient (Wildman–Crippen LogP) is 2.91. The van der Waals surface area contributed by atoms with Gasteiger partial charge in [0.15, 0.2) is 0 Å². The van der Waals surface area contributed by atoms with Crippen molar-refractivity contribution in [1.82, 2.24) is 10.4 Å². The molecule has 0 atom stereocenters. The minimum atomic E-state index is -0.530. The van der Waals surface area contributed by atoms with Crippen molar-refractivity contribution in [1.29, 1.82) is 0 Å². The molecule has 0 radical (unpaired) electrons. The number of rotatable bonds is 10. The molecule has 0 saturated carbocycles. The van der Waals surface area contributed by atoms with E-state index in [0.717, 1.165) is 37.6 Å². The molecule has 6 heteroatoms. The van der Waals surface area contributed by atoms with Gasteiger partial charge in [-0.1, -0.05) is 32.8 Å². The first-order valence-electron chi connectivity index (χ1n) is 9.15. The zero-order valence-electron chi connectivity index (χ0n) is 15.3. The normalized spacial score (nSPS) is 13.4. The molecule has 6 nitrogen and oxygen atoms in total. The van der Waals surface area contributed by atoms with Gasteiger partial charge in [0, 0.05) is 19.2 Å². The van der Waals surface area contributed by atoms with Gasteiger partial charge in [-0.25, -0.2) is 5.48 Å². The Morgan fingerprint density at radius 2 is 2.20 bits per heavy atom. The van der Waals surface area contributed by atoms with E-state index in [2.05, 4.69) is 35.0 Å². The van der Waals surface area contributed by atoms with Crippen molar-refractivity contribution in [2.24, 2.45) is 0 Å². The number of fused-ring (bicyclic) bond motifs is 1. The van der Waals surface area contributed by atoms with E-state index < -0.39 is 5.91 Å². The fourth-order valence-electron chi connectivity index (χ4n) is 3.02. The Balaban J connectivity index is 1.90. The Labute approximate surface area is 150 Å². The average Bonchev–Trinajstić information content (AvgIpc) is 3.04. The van der Waals surface area contributed by atoms with Gasteiger partial charge in [0.05, 0.1) is 18.0 Å². The van der Waals surface area contributed by atoms with Crippen molar-refractivity contribution in [3.63, 3.8) is 0 Å². The molecule has 0 bridgehead atoms. The zero-order valence-corrected chi connectivity index (χ0v) is 15.3. The summed E-state index contributed by atoms with van der Waals surface area (Å²) in [5, 5.41) is 11.9. The lowest BCUT2D eigenvalue weighted by Gasteiger charge is -2.25. The first kappa shape index (κ1) is 19.3. The second-order valence-corrected chi connectivity index (χ2v) is 6.33. The van der Waals surface area contributed by atoms with E-state index in [1.807, 2.05) is 12.1 Å². The molecule has 0 saturated heterocycles. The molecule has 0 unspecified atom stereocenters. The highest BCUT2D eigenvalue weighted by atomic mass is 16.5. The summed E-state index contributed by atoms with van der Waals surface area (Å²) in [4.78, 5) is 15.9. The third-order valence-electron chi connectivity index (χ3n) is 4.57. The van der Waals surface area contributed by atoms with Crippen LogP contribution in [0.15, 0.2) is 24.3 Å². The molecule has 1 aromatic rings. The van der Waals surface area contributed by atoms with Gasteiger partial charge < -0.3 is 15.1 Å². The number of nitrogens with zero attached hydrogens (tertiary/aromatic N) is 2. The van der Waals surface area contributed by atoms with E-state index in [9.17, 15) is 4.79 Å². The van der Waals surface area contributed by atoms with Crippen molar-refractivity contribution >= 4 is 23.4 Å². The summed E-state index contributed by atoms with van der Waals surface area (Å²) in [6, 6.07) is 6.09. The second-order valence-electron chi connectivity index (χ2n) is 6.33. The summed E-state index contributed by atoms with van der Waals surface area (Å²) in [6.07, 6.45) is 6.83. The quantitative estimate of drug-likeness (QED) is 0.263. The summed E-state index contributed by atoms with van der Waals surface area (Å²) in [6.45, 7) is 9.61. The van der Waals surface area contributed by atoms with Crippen molar-refractivity contribution in [2.45, 2.75) is 33.1 Å². The van der Waals surface area contributed by atoms with Crippen molar-refractivity contribution < 1.29 is 10.0 Å². The van der Waals surface area contributed by atoms with Crippen LogP contribution in [0.3, 0.4) is 0 Å². The third kappa shape index (κ3) is 5.76. The number of hydroxylamine groups is 1. The van der Waals surface area contributed by atoms with Crippen LogP contribution in [0.2, 0.25) is 0 Å². The summed E-state index contributed by atoms with van der Waals surface area (Å²) in [5.41, 5.74) is 4.80. The molecular formula is C19H30N4O2. The maximum absolute atomic E-state index is 11.1. The summed E-state index contributed by atoms with van der Waals surface area (Å²) in [7, 11) is 0. The molecule has 1 aliphatic rings. The van der Waals surface area contributed by atoms with Gasteiger partial charge in [0.2, 0.25) is 0 Å². The number of amides is 1. The smallest absolute Gasteiger partial charge is 0.267 e. The third-order valence-corrected chi connectivity index (χ3v) is 4.57. The van der Waals surface area contributed by atoms with E-state index in [0.29, 0.717) is 0 Å². The number of unbranched alkanes of at least 4 members (excludes halogenated alkanes) is 2. The summed E-state index contributed by atoms with van der Waals surface area (Å²) >= 11 is 0. The molecule has 1 aliphatic heterocycles. The summed E-state index contributed by atoms with van der Waals surface area (Å²) in [5.74, 6) is -0.530. The van der Waals surface area contributed by atoms with Crippen molar-refractivity contribution in [2.75, 3.05) is 43.1 Å². The van der Waals surface area contributed by atoms with E-state index in [1.54, 1.807) is 11.6 Å². The SMILES string of the molecule is CCCCCN(CC)CCN1CNc2cc(/C=C/C(=O)NO)ccc21. The second kappa shape index (κ2) is 10.1. The highest BCUT2D eigenvalue weighted by molar-refractivity contribution is 5.91. The number of carbonyl (C=O) groups excluding carboxylic acids is 1. The number of likely N-dealkylation sites (N-methyl/N-ethyl adjacent to an activating group) is 1. The first-order valence-corrected chi connectivity index (χ1v) is 9.15. The number of anilines is 2. The Morgan fingerprint density at radius 3 is 2.92 bits per heavy atom. The Kier molecular flexibility index (Phi) is 7.76. The topological polar surface area (TPSA) is 67.8 Å². The average molecular weight is 346 g/mol. The Hall–Kier alpha value is -2.05. The van der Waals surface area contributed by atoms with Crippen LogP contribution in [-0.2, 0) is 4.79 Å². The molecule has 1 amide bonds. The van der Waals surface area contributed by atoms with Crippen LogP contribution in [-0.4, -0.2) is 48.9 Å². The molecule has 0 aromatic heterocycles. The van der Waals surface area contributed by atoms with Crippen LogP contribution in [0.25, 0.3) is 6.08 Å². The maximum atomic E-state index is 11.1. The van der Waals surface area contributed by atoms with Crippen LogP contribution in [0.5, 0.6) is 0 Å². The Bertz CT molecular complexity index is 589. The minimum absolute atomic E-state index is 0.530. The van der Waals surface area contributed by atoms with E-state index in [4.69, 9.17) is 5.21 Å². The zero-order chi connectivity index (χ0) is 18.1. The number of hydrogen-bond donors (Lipinski definition) is 3. The molecular weight excluding hydrogens is 316 g/mol. The molecule has 0 fully saturated rings. The van der Waals surface area contributed by atoms with Gasteiger partial charge in [-0.2, -0.15) is 0 Å². The lowest BCUT2D eigenvalue weighted by Crippen LogP contribution is -2.35. The van der Waals surface area contributed by atoms with Crippen LogP contribution in [0.1, 0.15) is 38.7 Å². The fraction of sp³-hybridized carbons (Fsp3) is 0.526. The number of nitrogens with one attached hydrogen (secondary N) is 2. The summed E-state index contributed by atoms with van der Waals surface area (Å²) < 4.78 is 0. The Morgan fingerprint density at radius 1 is 1.36 bits per heavy atom. The minimum Gasteiger partial charge on any atom is -0.366 e. The molecule has 25 heavy (non-hydrogen) atoms. The molecule has 1 aromatic carbocycles. The first-order chi connectivity index (χ1) is 12.2. The van der Waals surface area contributed by atoms with Gasteiger partial charge in [-0.3, -0.25) is 10.0 Å². The largest absolute Gasteiger partial charge is 0.366 e. The lowest BCUT2D eigenvalue weighted by atomic mass is 10.1. The van der Waals surface area contributed by atoms with Crippen molar-refractivity contribution in [3.05, 3.63) is 29.8 Å². The molecule has 0 spiro atoms. The van der Waals surface area contributed by atoms with Gasteiger partial charge in [-0.05, 0) is 43.3 Å².